The molecule has 2 aliphatic heterocycles. The molecule has 7 heteroatoms. The fourth-order valence-electron chi connectivity index (χ4n) is 5.49. The molecule has 2 atom stereocenters. The molecule has 0 aromatic rings. The average Bonchev–Trinajstić information content (AvgIpc) is 3.01. The van der Waals surface area contributed by atoms with Gasteiger partial charge in [0.15, 0.2) is 0 Å². The van der Waals surface area contributed by atoms with E-state index in [4.69, 9.17) is 4.74 Å². The van der Waals surface area contributed by atoms with Crippen LogP contribution in [0.15, 0.2) is 0 Å². The van der Waals surface area contributed by atoms with Crippen LogP contribution in [0.25, 0.3) is 0 Å². The van der Waals surface area contributed by atoms with Gasteiger partial charge >= 0.3 is 11.9 Å². The molecule has 0 aromatic heterocycles. The summed E-state index contributed by atoms with van der Waals surface area (Å²) in [6, 6.07) is -0.103. The number of likely N-dealkylation sites (tertiary alicyclic amines) is 1. The van der Waals surface area contributed by atoms with E-state index in [2.05, 4.69) is 33.0 Å². The van der Waals surface area contributed by atoms with Crippen molar-refractivity contribution < 1.29 is 24.2 Å². The van der Waals surface area contributed by atoms with Gasteiger partial charge in [0.25, 0.3) is 0 Å². The number of rotatable bonds is 9. The zero-order valence-electron chi connectivity index (χ0n) is 20.4. The van der Waals surface area contributed by atoms with Crippen molar-refractivity contribution in [3.05, 3.63) is 0 Å². The molecule has 2 saturated heterocycles. The number of nitrogens with zero attached hydrogens (tertiary/aromatic N) is 1. The molecular weight excluding hydrogens is 396 g/mol. The highest BCUT2D eigenvalue weighted by molar-refractivity contribution is 5.79. The van der Waals surface area contributed by atoms with Crippen LogP contribution in [0.1, 0.15) is 93.4 Å². The first-order valence-corrected chi connectivity index (χ1v) is 11.7. The van der Waals surface area contributed by atoms with Crippen molar-refractivity contribution in [1.82, 2.24) is 10.2 Å². The number of carbonyl (C=O) groups is 3. The Kier molecular flexibility index (Phi) is 7.83. The van der Waals surface area contributed by atoms with E-state index in [0.717, 1.165) is 19.3 Å². The Morgan fingerprint density at radius 2 is 1.81 bits per heavy atom. The second-order valence-corrected chi connectivity index (χ2v) is 11.4. The molecule has 0 aromatic carbocycles. The molecule has 0 bridgehead atoms. The monoisotopic (exact) mass is 438 g/mol. The van der Waals surface area contributed by atoms with E-state index in [9.17, 15) is 19.5 Å². The van der Waals surface area contributed by atoms with Gasteiger partial charge in [-0.2, -0.15) is 0 Å². The third-order valence-electron chi connectivity index (χ3n) is 6.66. The predicted molar refractivity (Wildman–Crippen MR) is 120 cm³/mol. The third-order valence-corrected chi connectivity index (χ3v) is 6.66. The Morgan fingerprint density at radius 3 is 2.26 bits per heavy atom. The van der Waals surface area contributed by atoms with Gasteiger partial charge in [-0.05, 0) is 67.2 Å². The molecule has 31 heavy (non-hydrogen) atoms. The molecule has 0 aliphatic carbocycles. The smallest absolute Gasteiger partial charge is 0.311 e. The maximum absolute atomic E-state index is 13.1. The highest BCUT2D eigenvalue weighted by Gasteiger charge is 2.43. The highest BCUT2D eigenvalue weighted by atomic mass is 16.5. The van der Waals surface area contributed by atoms with E-state index in [1.807, 2.05) is 11.8 Å². The average molecular weight is 439 g/mol. The molecule has 2 N–H and O–H groups in total. The minimum Gasteiger partial charge on any atom is -0.481 e. The first-order valence-electron chi connectivity index (χ1n) is 11.7. The van der Waals surface area contributed by atoms with Crippen molar-refractivity contribution in [3.63, 3.8) is 0 Å². The fraction of sp³-hybridized carbons (Fsp3) is 0.875. The predicted octanol–water partition coefficient (Wildman–Crippen LogP) is 3.75. The van der Waals surface area contributed by atoms with Gasteiger partial charge in [0.05, 0.1) is 11.3 Å². The summed E-state index contributed by atoms with van der Waals surface area (Å²) < 4.78 is 5.92. The normalized spacial score (nSPS) is 23.5. The Morgan fingerprint density at radius 1 is 1.23 bits per heavy atom. The zero-order chi connectivity index (χ0) is 23.6. The molecule has 0 saturated carbocycles. The van der Waals surface area contributed by atoms with E-state index >= 15 is 0 Å². The van der Waals surface area contributed by atoms with Crippen LogP contribution < -0.4 is 5.32 Å². The summed E-state index contributed by atoms with van der Waals surface area (Å²) in [6.45, 7) is 14.6. The SMILES string of the molecule is CCC(CC(CC(C)(C)C(=O)OC1CC(C)(C)NC(C)(C)C1)C(=O)O)N1CCCC1=O. The number of aliphatic carboxylic acids is 1. The first kappa shape index (κ1) is 25.6. The second-order valence-electron chi connectivity index (χ2n) is 11.4. The number of nitrogens with one attached hydrogen (secondary N) is 1. The Labute approximate surface area is 187 Å². The van der Waals surface area contributed by atoms with Gasteiger partial charge in [-0.15, -0.1) is 0 Å². The van der Waals surface area contributed by atoms with E-state index in [1.165, 1.54) is 0 Å². The zero-order valence-corrected chi connectivity index (χ0v) is 20.4. The molecule has 2 aliphatic rings. The summed E-state index contributed by atoms with van der Waals surface area (Å²) in [4.78, 5) is 39.1. The number of hydrogen-bond donors (Lipinski definition) is 2. The number of piperidine rings is 1. The van der Waals surface area contributed by atoms with E-state index in [1.54, 1.807) is 13.8 Å². The molecule has 0 spiro atoms. The Bertz CT molecular complexity index is 669. The van der Waals surface area contributed by atoms with E-state index in [0.29, 0.717) is 25.8 Å². The molecule has 2 fully saturated rings. The molecule has 178 valence electrons. The van der Waals surface area contributed by atoms with Crippen LogP contribution in [0.2, 0.25) is 0 Å². The lowest BCUT2D eigenvalue weighted by molar-refractivity contribution is -0.165. The van der Waals surface area contributed by atoms with Crippen LogP contribution >= 0.6 is 0 Å². The van der Waals surface area contributed by atoms with Crippen molar-refractivity contribution in [2.24, 2.45) is 11.3 Å². The van der Waals surface area contributed by atoms with Gasteiger partial charge in [0.1, 0.15) is 6.10 Å². The number of carbonyl (C=O) groups excluding carboxylic acids is 2. The summed E-state index contributed by atoms with van der Waals surface area (Å²) >= 11 is 0. The van der Waals surface area contributed by atoms with Crippen LogP contribution in [-0.4, -0.2) is 57.6 Å². The van der Waals surface area contributed by atoms with Gasteiger partial charge in [-0.3, -0.25) is 14.4 Å². The second kappa shape index (κ2) is 9.47. The summed E-state index contributed by atoms with van der Waals surface area (Å²) in [5.74, 6) is -1.87. The summed E-state index contributed by atoms with van der Waals surface area (Å²) in [5.41, 5.74) is -1.20. The Balaban J connectivity index is 2.05. The summed E-state index contributed by atoms with van der Waals surface area (Å²) in [5, 5.41) is 13.4. The largest absolute Gasteiger partial charge is 0.481 e. The standard InChI is InChI=1S/C24H42N2O5/c1-8-17(26-11-9-10-19(26)27)12-16(20(28)29)13-22(2,3)21(30)31-18-14-23(4,5)25-24(6,7)15-18/h16-18,25H,8-15H2,1-7H3,(H,28,29). The van der Waals surface area contributed by atoms with Gasteiger partial charge < -0.3 is 20.1 Å². The van der Waals surface area contributed by atoms with Crippen molar-refractivity contribution in [2.75, 3.05) is 6.54 Å². The lowest BCUT2D eigenvalue weighted by Crippen LogP contribution is -2.60. The minimum absolute atomic E-state index is 0.103. The lowest BCUT2D eigenvalue weighted by atomic mass is 9.79. The van der Waals surface area contributed by atoms with Crippen LogP contribution in [-0.2, 0) is 19.1 Å². The molecule has 2 heterocycles. The Hall–Kier alpha value is -1.63. The minimum atomic E-state index is -0.921. The molecule has 7 nitrogen and oxygen atoms in total. The summed E-state index contributed by atoms with van der Waals surface area (Å²) in [6.07, 6.45) is 3.86. The summed E-state index contributed by atoms with van der Waals surface area (Å²) in [7, 11) is 0. The fourth-order valence-corrected chi connectivity index (χ4v) is 5.49. The number of carboxylic acid groups (broad SMARTS) is 1. The van der Waals surface area contributed by atoms with Crippen LogP contribution in [0, 0.1) is 11.3 Å². The molecule has 2 unspecified atom stereocenters. The molecule has 1 amide bonds. The van der Waals surface area contributed by atoms with Crippen LogP contribution in [0.3, 0.4) is 0 Å². The topological polar surface area (TPSA) is 95.9 Å². The first-order chi connectivity index (χ1) is 14.2. The number of hydrogen-bond acceptors (Lipinski definition) is 5. The molecule has 2 rings (SSSR count). The maximum atomic E-state index is 13.1. The van der Waals surface area contributed by atoms with Gasteiger partial charge in [0.2, 0.25) is 5.91 Å². The molecular formula is C24H42N2O5. The quantitative estimate of drug-likeness (QED) is 0.532. The third kappa shape index (κ3) is 6.93. The number of carboxylic acids is 1. The van der Waals surface area contributed by atoms with Crippen molar-refractivity contribution in [2.45, 2.75) is 117 Å². The van der Waals surface area contributed by atoms with Crippen LogP contribution in [0.4, 0.5) is 0 Å². The van der Waals surface area contributed by atoms with Crippen molar-refractivity contribution in [1.29, 1.82) is 0 Å². The number of ether oxygens (including phenoxy) is 1. The van der Waals surface area contributed by atoms with E-state index < -0.39 is 17.3 Å². The number of amides is 1. The molecule has 0 radical (unpaired) electrons. The van der Waals surface area contributed by atoms with Crippen LogP contribution in [0.5, 0.6) is 0 Å². The van der Waals surface area contributed by atoms with Gasteiger partial charge in [-0.25, -0.2) is 0 Å². The lowest BCUT2D eigenvalue weighted by Gasteiger charge is -2.46. The van der Waals surface area contributed by atoms with Crippen molar-refractivity contribution in [3.8, 4) is 0 Å². The number of esters is 1. The van der Waals surface area contributed by atoms with Crippen molar-refractivity contribution >= 4 is 17.8 Å². The highest BCUT2D eigenvalue weighted by Crippen LogP contribution is 2.35. The maximum Gasteiger partial charge on any atom is 0.311 e. The van der Waals surface area contributed by atoms with Gasteiger partial charge in [-0.1, -0.05) is 6.92 Å². The van der Waals surface area contributed by atoms with E-state index in [-0.39, 0.29) is 41.5 Å². The van der Waals surface area contributed by atoms with Gasteiger partial charge in [0, 0.05) is 42.9 Å².